The number of hydrogen-bond donors (Lipinski definition) is 2. The quantitative estimate of drug-likeness (QED) is 0.690. The standard InChI is InChI=1S/C10H18N2O2/c1-4-7(2)12-9(14)10(3)5-8(13)11-6-10/h7H,4-6H2,1-3H3,(H,11,13)(H,12,14). The smallest absolute Gasteiger partial charge is 0.228 e. The Bertz CT molecular complexity index is 253. The van der Waals surface area contributed by atoms with Gasteiger partial charge in [0.05, 0.1) is 5.41 Å². The molecule has 80 valence electrons. The zero-order valence-corrected chi connectivity index (χ0v) is 9.02. The van der Waals surface area contributed by atoms with Crippen LogP contribution in [0, 0.1) is 5.41 Å². The Labute approximate surface area is 84.4 Å². The lowest BCUT2D eigenvalue weighted by atomic mass is 9.88. The summed E-state index contributed by atoms with van der Waals surface area (Å²) in [6.07, 6.45) is 1.21. The molecule has 14 heavy (non-hydrogen) atoms. The predicted octanol–water partition coefficient (Wildman–Crippen LogP) is 0.427. The molecule has 0 saturated carbocycles. The van der Waals surface area contributed by atoms with E-state index in [0.717, 1.165) is 6.42 Å². The van der Waals surface area contributed by atoms with Crippen molar-refractivity contribution in [2.75, 3.05) is 6.54 Å². The van der Waals surface area contributed by atoms with Gasteiger partial charge in [-0.1, -0.05) is 6.92 Å². The van der Waals surface area contributed by atoms with E-state index >= 15 is 0 Å². The molecule has 2 N–H and O–H groups in total. The molecule has 0 radical (unpaired) electrons. The van der Waals surface area contributed by atoms with Crippen molar-refractivity contribution < 1.29 is 9.59 Å². The number of nitrogens with one attached hydrogen (secondary N) is 2. The van der Waals surface area contributed by atoms with Gasteiger partial charge in [-0.15, -0.1) is 0 Å². The summed E-state index contributed by atoms with van der Waals surface area (Å²) in [5.41, 5.74) is -0.555. The van der Waals surface area contributed by atoms with Crippen molar-refractivity contribution in [2.45, 2.75) is 39.7 Å². The maximum Gasteiger partial charge on any atom is 0.228 e. The van der Waals surface area contributed by atoms with Gasteiger partial charge in [-0.25, -0.2) is 0 Å². The molecule has 1 saturated heterocycles. The van der Waals surface area contributed by atoms with Gasteiger partial charge in [-0.05, 0) is 20.3 Å². The minimum absolute atomic E-state index is 0.0230. The molecule has 4 heteroatoms. The van der Waals surface area contributed by atoms with Crippen LogP contribution < -0.4 is 10.6 Å². The second kappa shape index (κ2) is 3.98. The normalized spacial score (nSPS) is 28.4. The Kier molecular flexibility index (Phi) is 3.13. The zero-order chi connectivity index (χ0) is 10.8. The highest BCUT2D eigenvalue weighted by atomic mass is 16.2. The van der Waals surface area contributed by atoms with Crippen LogP contribution in [0.2, 0.25) is 0 Å². The van der Waals surface area contributed by atoms with Crippen LogP contribution in [0.1, 0.15) is 33.6 Å². The van der Waals surface area contributed by atoms with Crippen molar-refractivity contribution in [1.82, 2.24) is 10.6 Å². The van der Waals surface area contributed by atoms with Gasteiger partial charge < -0.3 is 10.6 Å². The third-order valence-corrected chi connectivity index (χ3v) is 2.76. The van der Waals surface area contributed by atoms with Gasteiger partial charge in [-0.3, -0.25) is 9.59 Å². The molecule has 0 bridgehead atoms. The number of rotatable bonds is 3. The molecule has 4 nitrogen and oxygen atoms in total. The molecule has 2 amide bonds. The molecule has 1 aliphatic heterocycles. The Morgan fingerprint density at radius 2 is 2.36 bits per heavy atom. The van der Waals surface area contributed by atoms with E-state index in [1.54, 1.807) is 0 Å². The largest absolute Gasteiger partial charge is 0.355 e. The van der Waals surface area contributed by atoms with Gasteiger partial charge in [0.2, 0.25) is 11.8 Å². The van der Waals surface area contributed by atoms with E-state index in [9.17, 15) is 9.59 Å². The molecule has 0 aromatic rings. The highest BCUT2D eigenvalue weighted by molar-refractivity contribution is 5.92. The van der Waals surface area contributed by atoms with Crippen LogP contribution in [0.15, 0.2) is 0 Å². The molecule has 1 fully saturated rings. The molecule has 0 aliphatic carbocycles. The van der Waals surface area contributed by atoms with Crippen LogP contribution in [0.25, 0.3) is 0 Å². The Balaban J connectivity index is 2.56. The average Bonchev–Trinajstić information content (AvgIpc) is 2.47. The first-order valence-electron chi connectivity index (χ1n) is 5.05. The first kappa shape index (κ1) is 11.0. The molecule has 2 unspecified atom stereocenters. The van der Waals surface area contributed by atoms with E-state index in [4.69, 9.17) is 0 Å². The Hall–Kier alpha value is -1.06. The van der Waals surface area contributed by atoms with Crippen LogP contribution in [-0.2, 0) is 9.59 Å². The second-order valence-electron chi connectivity index (χ2n) is 4.30. The van der Waals surface area contributed by atoms with Gasteiger partial charge >= 0.3 is 0 Å². The third kappa shape index (κ3) is 2.25. The highest BCUT2D eigenvalue weighted by Gasteiger charge is 2.40. The fraction of sp³-hybridized carbons (Fsp3) is 0.800. The van der Waals surface area contributed by atoms with Gasteiger partial charge in [0.25, 0.3) is 0 Å². The summed E-state index contributed by atoms with van der Waals surface area (Å²) in [6, 6.07) is 0.176. The van der Waals surface area contributed by atoms with Gasteiger partial charge in [0, 0.05) is 19.0 Å². The van der Waals surface area contributed by atoms with Crippen molar-refractivity contribution in [3.05, 3.63) is 0 Å². The maximum atomic E-state index is 11.8. The van der Waals surface area contributed by atoms with Crippen molar-refractivity contribution in [3.8, 4) is 0 Å². The van der Waals surface area contributed by atoms with Crippen molar-refractivity contribution in [3.63, 3.8) is 0 Å². The molecule has 1 aliphatic rings. The van der Waals surface area contributed by atoms with Crippen LogP contribution in [0.4, 0.5) is 0 Å². The van der Waals surface area contributed by atoms with E-state index in [2.05, 4.69) is 10.6 Å². The topological polar surface area (TPSA) is 58.2 Å². The molecule has 0 spiro atoms. The lowest BCUT2D eigenvalue weighted by Crippen LogP contribution is -2.44. The average molecular weight is 198 g/mol. The minimum atomic E-state index is -0.555. The first-order chi connectivity index (χ1) is 6.48. The number of carbonyl (C=O) groups excluding carboxylic acids is 2. The fourth-order valence-electron chi connectivity index (χ4n) is 1.43. The molecule has 1 heterocycles. The fourth-order valence-corrected chi connectivity index (χ4v) is 1.43. The molecular formula is C10H18N2O2. The number of hydrogen-bond acceptors (Lipinski definition) is 2. The van der Waals surface area contributed by atoms with E-state index in [0.29, 0.717) is 13.0 Å². The van der Waals surface area contributed by atoms with Crippen LogP contribution in [-0.4, -0.2) is 24.4 Å². The van der Waals surface area contributed by atoms with E-state index in [-0.39, 0.29) is 17.9 Å². The zero-order valence-electron chi connectivity index (χ0n) is 9.02. The minimum Gasteiger partial charge on any atom is -0.355 e. The van der Waals surface area contributed by atoms with Gasteiger partial charge in [0.1, 0.15) is 0 Å². The third-order valence-electron chi connectivity index (χ3n) is 2.76. The van der Waals surface area contributed by atoms with Gasteiger partial charge in [0.15, 0.2) is 0 Å². The summed E-state index contributed by atoms with van der Waals surface area (Å²) in [5, 5.41) is 5.58. The van der Waals surface area contributed by atoms with Crippen molar-refractivity contribution in [2.24, 2.45) is 5.41 Å². The molecular weight excluding hydrogens is 180 g/mol. The van der Waals surface area contributed by atoms with Crippen molar-refractivity contribution >= 4 is 11.8 Å². The Morgan fingerprint density at radius 3 is 2.79 bits per heavy atom. The summed E-state index contributed by atoms with van der Waals surface area (Å²) in [7, 11) is 0. The predicted molar refractivity (Wildman–Crippen MR) is 53.6 cm³/mol. The van der Waals surface area contributed by atoms with Crippen LogP contribution in [0.5, 0.6) is 0 Å². The van der Waals surface area contributed by atoms with E-state index < -0.39 is 5.41 Å². The lowest BCUT2D eigenvalue weighted by molar-refractivity contribution is -0.131. The molecule has 2 atom stereocenters. The summed E-state index contributed by atoms with van der Waals surface area (Å²) >= 11 is 0. The number of amides is 2. The molecule has 1 rings (SSSR count). The Morgan fingerprint density at radius 1 is 1.71 bits per heavy atom. The monoisotopic (exact) mass is 198 g/mol. The maximum absolute atomic E-state index is 11.8. The van der Waals surface area contributed by atoms with E-state index in [1.165, 1.54) is 0 Å². The number of carbonyl (C=O) groups is 2. The summed E-state index contributed by atoms with van der Waals surface area (Å²) in [6.45, 7) is 6.26. The van der Waals surface area contributed by atoms with Crippen molar-refractivity contribution in [1.29, 1.82) is 0 Å². The molecule has 0 aromatic heterocycles. The van der Waals surface area contributed by atoms with Crippen LogP contribution in [0.3, 0.4) is 0 Å². The second-order valence-corrected chi connectivity index (χ2v) is 4.30. The van der Waals surface area contributed by atoms with E-state index in [1.807, 2.05) is 20.8 Å². The summed E-state index contributed by atoms with van der Waals surface area (Å²) in [5.74, 6) is -0.0583. The summed E-state index contributed by atoms with van der Waals surface area (Å²) in [4.78, 5) is 22.8. The summed E-state index contributed by atoms with van der Waals surface area (Å²) < 4.78 is 0. The van der Waals surface area contributed by atoms with Gasteiger partial charge in [-0.2, -0.15) is 0 Å². The van der Waals surface area contributed by atoms with Crippen LogP contribution >= 0.6 is 0 Å². The first-order valence-corrected chi connectivity index (χ1v) is 5.05. The lowest BCUT2D eigenvalue weighted by Gasteiger charge is -2.23. The highest BCUT2D eigenvalue weighted by Crippen LogP contribution is 2.25. The SMILES string of the molecule is CCC(C)NC(=O)C1(C)CNC(=O)C1. The molecule has 0 aromatic carbocycles.